The van der Waals surface area contributed by atoms with E-state index < -0.39 is 29.4 Å². The number of anilines is 1. The fourth-order valence-electron chi connectivity index (χ4n) is 2.78. The van der Waals surface area contributed by atoms with Gasteiger partial charge >= 0.3 is 0 Å². The molecule has 0 spiro atoms. The Kier molecular flexibility index (Phi) is 8.02. The quantitative estimate of drug-likeness (QED) is 0.386. The maximum atomic E-state index is 13.3. The van der Waals surface area contributed by atoms with Crippen LogP contribution in [0.2, 0.25) is 5.02 Å². The van der Waals surface area contributed by atoms with E-state index in [9.17, 15) is 18.8 Å². The highest BCUT2D eigenvalue weighted by molar-refractivity contribution is 9.10. The van der Waals surface area contributed by atoms with Gasteiger partial charge in [0.05, 0.1) is 21.5 Å². The maximum Gasteiger partial charge on any atom is 0.294 e. The van der Waals surface area contributed by atoms with Gasteiger partial charge in [0.15, 0.2) is 11.5 Å². The van der Waals surface area contributed by atoms with E-state index in [1.54, 1.807) is 12.1 Å². The summed E-state index contributed by atoms with van der Waals surface area (Å²) < 4.78 is 24.6. The van der Waals surface area contributed by atoms with Crippen LogP contribution >= 0.6 is 39.3 Å². The second-order valence-corrected chi connectivity index (χ2v) is 8.73. The van der Waals surface area contributed by atoms with Crippen molar-refractivity contribution >= 4 is 68.1 Å². The number of amides is 3. The van der Waals surface area contributed by atoms with Crippen molar-refractivity contribution in [1.82, 2.24) is 4.90 Å². The second kappa shape index (κ2) is 10.7. The first-order valence-electron chi connectivity index (χ1n) is 9.17. The highest BCUT2D eigenvalue weighted by Crippen LogP contribution is 2.39. The first-order valence-corrected chi connectivity index (χ1v) is 11.2. The Morgan fingerprint density at radius 1 is 1.36 bits per heavy atom. The van der Waals surface area contributed by atoms with Crippen molar-refractivity contribution in [2.24, 2.45) is 0 Å². The number of thioether (sulfide) groups is 1. The zero-order valence-corrected chi connectivity index (χ0v) is 20.1. The lowest BCUT2D eigenvalue weighted by Crippen LogP contribution is -2.36. The van der Waals surface area contributed by atoms with Crippen LogP contribution in [0.3, 0.4) is 0 Å². The summed E-state index contributed by atoms with van der Waals surface area (Å²) in [5.41, 5.74) is 0.792. The van der Waals surface area contributed by atoms with Gasteiger partial charge in [-0.2, -0.15) is 0 Å². The Hall–Kier alpha value is -3.00. The van der Waals surface area contributed by atoms with Crippen LogP contribution in [0.15, 0.2) is 39.7 Å². The third-order valence-corrected chi connectivity index (χ3v) is 6.01. The van der Waals surface area contributed by atoms with Gasteiger partial charge in [0.2, 0.25) is 5.91 Å². The molecule has 0 aromatic heterocycles. The fraction of sp³-hybridized carbons (Fsp3) is 0.136. The van der Waals surface area contributed by atoms with E-state index in [1.165, 1.54) is 25.3 Å². The van der Waals surface area contributed by atoms with Crippen molar-refractivity contribution in [3.8, 4) is 23.8 Å². The first-order chi connectivity index (χ1) is 15.7. The number of halogens is 3. The van der Waals surface area contributed by atoms with Crippen molar-refractivity contribution in [2.75, 3.05) is 25.6 Å². The molecule has 3 amide bonds. The number of hydrogen-bond acceptors (Lipinski definition) is 6. The van der Waals surface area contributed by atoms with Gasteiger partial charge in [0, 0.05) is 5.69 Å². The van der Waals surface area contributed by atoms with E-state index in [4.69, 9.17) is 27.5 Å². The minimum atomic E-state index is -0.638. The van der Waals surface area contributed by atoms with Gasteiger partial charge in [0.25, 0.3) is 11.1 Å². The molecule has 1 aliphatic rings. The summed E-state index contributed by atoms with van der Waals surface area (Å²) >= 11 is 9.77. The lowest BCUT2D eigenvalue weighted by atomic mass is 10.2. The summed E-state index contributed by atoms with van der Waals surface area (Å²) in [6.45, 7) is -0.470. The summed E-state index contributed by atoms with van der Waals surface area (Å²) in [6.07, 6.45) is 6.72. The molecule has 7 nitrogen and oxygen atoms in total. The minimum Gasteiger partial charge on any atom is -0.493 e. The van der Waals surface area contributed by atoms with Crippen LogP contribution in [0, 0.1) is 18.2 Å². The zero-order chi connectivity index (χ0) is 24.1. The number of methoxy groups -OCH3 is 1. The number of terminal acetylenes is 1. The Bertz CT molecular complexity index is 1210. The van der Waals surface area contributed by atoms with Crippen LogP contribution in [0.4, 0.5) is 14.9 Å². The molecule has 170 valence electrons. The molecule has 0 unspecified atom stereocenters. The predicted molar refractivity (Wildman–Crippen MR) is 128 cm³/mol. The monoisotopic (exact) mass is 552 g/mol. The number of carbonyl (C=O) groups excluding carboxylic acids is 3. The number of hydrogen-bond donors (Lipinski definition) is 1. The van der Waals surface area contributed by atoms with E-state index in [0.717, 1.165) is 11.0 Å². The van der Waals surface area contributed by atoms with Gasteiger partial charge in [0.1, 0.15) is 19.0 Å². The molecular formula is C22H15BrClFN2O5S. The lowest BCUT2D eigenvalue weighted by Gasteiger charge is -2.13. The largest absolute Gasteiger partial charge is 0.493 e. The summed E-state index contributed by atoms with van der Waals surface area (Å²) in [5, 5.41) is 1.71. The van der Waals surface area contributed by atoms with Gasteiger partial charge in [-0.15, -0.1) is 6.42 Å². The number of nitrogens with one attached hydrogen (secondary N) is 1. The summed E-state index contributed by atoms with van der Waals surface area (Å²) in [7, 11) is 1.45. The van der Waals surface area contributed by atoms with Gasteiger partial charge < -0.3 is 14.8 Å². The molecule has 1 heterocycles. The number of carbonyl (C=O) groups is 3. The minimum absolute atomic E-state index is 0.0411. The first kappa shape index (κ1) is 24.6. The standard InChI is InChI=1S/C22H15BrClFN2O5S/c1-3-6-32-20-14(23)7-12(8-17(20)31-2)9-18-21(29)27(22(30)33-18)11-19(28)26-13-4-5-16(25)15(24)10-13/h1,4-5,7-10H,6,11H2,2H3,(H,26,28)/b18-9-. The molecule has 1 fully saturated rings. The molecular weight excluding hydrogens is 539 g/mol. The molecule has 11 heteroatoms. The smallest absolute Gasteiger partial charge is 0.294 e. The van der Waals surface area contributed by atoms with Gasteiger partial charge in [-0.05, 0) is 69.7 Å². The van der Waals surface area contributed by atoms with E-state index in [-0.39, 0.29) is 22.2 Å². The van der Waals surface area contributed by atoms with Crippen LogP contribution < -0.4 is 14.8 Å². The zero-order valence-electron chi connectivity index (χ0n) is 17.0. The average Bonchev–Trinajstić information content (AvgIpc) is 3.02. The SMILES string of the molecule is C#CCOc1c(Br)cc(/C=C2\SC(=O)N(CC(=O)Nc3ccc(F)c(Cl)c3)C2=O)cc1OC. The van der Waals surface area contributed by atoms with Gasteiger partial charge in [-0.25, -0.2) is 4.39 Å². The average molecular weight is 554 g/mol. The summed E-state index contributed by atoms with van der Waals surface area (Å²) in [5.74, 6) is 1.24. The maximum absolute atomic E-state index is 13.3. The predicted octanol–water partition coefficient (Wildman–Crippen LogP) is 4.94. The van der Waals surface area contributed by atoms with Crippen LogP contribution in [-0.4, -0.2) is 42.2 Å². The molecule has 1 aliphatic heterocycles. The van der Waals surface area contributed by atoms with Crippen LogP contribution in [0.5, 0.6) is 11.5 Å². The van der Waals surface area contributed by atoms with Crippen molar-refractivity contribution in [1.29, 1.82) is 0 Å². The highest BCUT2D eigenvalue weighted by atomic mass is 79.9. The Morgan fingerprint density at radius 3 is 2.79 bits per heavy atom. The van der Waals surface area contributed by atoms with Crippen molar-refractivity contribution < 1.29 is 28.2 Å². The number of nitrogens with zero attached hydrogens (tertiary/aromatic N) is 1. The molecule has 2 aromatic rings. The van der Waals surface area contributed by atoms with Crippen molar-refractivity contribution in [3.63, 3.8) is 0 Å². The molecule has 0 saturated carbocycles. The topological polar surface area (TPSA) is 84.9 Å². The molecule has 3 rings (SSSR count). The molecule has 33 heavy (non-hydrogen) atoms. The van der Waals surface area contributed by atoms with E-state index in [0.29, 0.717) is 33.3 Å². The third kappa shape index (κ3) is 5.87. The van der Waals surface area contributed by atoms with Gasteiger partial charge in [-0.3, -0.25) is 19.3 Å². The van der Waals surface area contributed by atoms with E-state index in [1.807, 2.05) is 0 Å². The lowest BCUT2D eigenvalue weighted by molar-refractivity contribution is -0.127. The molecule has 0 aliphatic carbocycles. The molecule has 0 bridgehead atoms. The van der Waals surface area contributed by atoms with Crippen LogP contribution in [-0.2, 0) is 9.59 Å². The Morgan fingerprint density at radius 2 is 2.12 bits per heavy atom. The number of imide groups is 1. The molecule has 0 atom stereocenters. The third-order valence-electron chi connectivity index (χ3n) is 4.23. The fourth-order valence-corrected chi connectivity index (χ4v) is 4.38. The number of ether oxygens (including phenoxy) is 2. The van der Waals surface area contributed by atoms with Crippen molar-refractivity contribution in [3.05, 3.63) is 56.1 Å². The Labute approximate surface area is 206 Å². The van der Waals surface area contributed by atoms with E-state index >= 15 is 0 Å². The summed E-state index contributed by atoms with van der Waals surface area (Å²) in [6, 6.07) is 6.93. The summed E-state index contributed by atoms with van der Waals surface area (Å²) in [4.78, 5) is 38.3. The Balaban J connectivity index is 1.75. The van der Waals surface area contributed by atoms with Crippen molar-refractivity contribution in [2.45, 2.75) is 0 Å². The highest BCUT2D eigenvalue weighted by Gasteiger charge is 2.36. The van der Waals surface area contributed by atoms with Crippen LogP contribution in [0.1, 0.15) is 5.56 Å². The molecule has 1 saturated heterocycles. The normalized spacial score (nSPS) is 14.4. The van der Waals surface area contributed by atoms with E-state index in [2.05, 4.69) is 27.2 Å². The second-order valence-electron chi connectivity index (χ2n) is 6.47. The molecule has 0 radical (unpaired) electrons. The number of benzene rings is 2. The molecule has 2 aromatic carbocycles. The molecule has 1 N–H and O–H groups in total. The van der Waals surface area contributed by atoms with Crippen LogP contribution in [0.25, 0.3) is 6.08 Å². The number of rotatable bonds is 7. The van der Waals surface area contributed by atoms with Gasteiger partial charge in [-0.1, -0.05) is 17.5 Å².